The van der Waals surface area contributed by atoms with Crippen molar-refractivity contribution < 1.29 is 9.65 Å². The molecule has 0 fully saturated rings. The Balaban J connectivity index is 2.19. The zero-order valence-electron chi connectivity index (χ0n) is 9.24. The summed E-state index contributed by atoms with van der Waals surface area (Å²) < 4.78 is 0.678. The average Bonchev–Trinajstić information content (AvgIpc) is 2.38. The van der Waals surface area contributed by atoms with Gasteiger partial charge in [-0.25, -0.2) is 0 Å². The second-order valence-corrected chi connectivity index (χ2v) is 3.50. The third-order valence-electron chi connectivity index (χ3n) is 2.23. The van der Waals surface area contributed by atoms with E-state index in [0.29, 0.717) is 15.9 Å². The first-order valence-corrected chi connectivity index (χ1v) is 5.10. The van der Waals surface area contributed by atoms with E-state index in [4.69, 9.17) is 0 Å². The molecule has 0 atom stereocenters. The van der Waals surface area contributed by atoms with Crippen molar-refractivity contribution in [2.24, 2.45) is 0 Å². The summed E-state index contributed by atoms with van der Waals surface area (Å²) in [5, 5.41) is 21.3. The minimum Gasteiger partial charge on any atom is -0.619 e. The summed E-state index contributed by atoms with van der Waals surface area (Å²) in [5.74, 6) is 5.73. The molecule has 5 heteroatoms. The number of rotatable bonds is 1. The first-order chi connectivity index (χ1) is 8.65. The van der Waals surface area contributed by atoms with Crippen molar-refractivity contribution in [1.82, 2.24) is 0 Å². The Kier molecular flexibility index (Phi) is 3.21. The fraction of sp³-hybridized carbons (Fsp3) is 0. The molecular formula is C13H8N2O3. The highest BCUT2D eigenvalue weighted by Gasteiger charge is 2.02. The monoisotopic (exact) mass is 240 g/mol. The van der Waals surface area contributed by atoms with Crippen LogP contribution >= 0.6 is 0 Å². The van der Waals surface area contributed by atoms with E-state index in [-0.39, 0.29) is 5.69 Å². The normalized spacial score (nSPS) is 9.33. The summed E-state index contributed by atoms with van der Waals surface area (Å²) in [6, 6.07) is 9.18. The van der Waals surface area contributed by atoms with Gasteiger partial charge in [0.15, 0.2) is 12.4 Å². The lowest BCUT2D eigenvalue weighted by atomic mass is 10.2. The Bertz CT molecular complexity index is 622. The lowest BCUT2D eigenvalue weighted by Gasteiger charge is -1.93. The van der Waals surface area contributed by atoms with E-state index >= 15 is 0 Å². The molecule has 0 N–H and O–H groups in total. The summed E-state index contributed by atoms with van der Waals surface area (Å²) in [6.45, 7) is 0. The SMILES string of the molecule is O=[N+]([O-])c1ccc(C#Cc2cc[n+]([O-])cc2)cc1. The van der Waals surface area contributed by atoms with Crippen LogP contribution in [-0.2, 0) is 0 Å². The molecule has 1 aromatic carbocycles. The molecule has 0 aliphatic rings. The molecule has 0 unspecified atom stereocenters. The molecule has 2 rings (SSSR count). The van der Waals surface area contributed by atoms with Crippen LogP contribution in [0.1, 0.15) is 11.1 Å². The highest BCUT2D eigenvalue weighted by atomic mass is 16.6. The van der Waals surface area contributed by atoms with Crippen molar-refractivity contribution >= 4 is 5.69 Å². The quantitative estimate of drug-likeness (QED) is 0.250. The number of pyridine rings is 1. The van der Waals surface area contributed by atoms with E-state index in [1.54, 1.807) is 24.3 Å². The van der Waals surface area contributed by atoms with Crippen LogP contribution in [0.5, 0.6) is 0 Å². The zero-order valence-corrected chi connectivity index (χ0v) is 9.24. The summed E-state index contributed by atoms with van der Waals surface area (Å²) >= 11 is 0. The van der Waals surface area contributed by atoms with Crippen LogP contribution in [-0.4, -0.2) is 4.92 Å². The molecular weight excluding hydrogens is 232 g/mol. The average molecular weight is 240 g/mol. The van der Waals surface area contributed by atoms with Gasteiger partial charge in [0.25, 0.3) is 5.69 Å². The lowest BCUT2D eigenvalue weighted by molar-refractivity contribution is -0.605. The molecule has 2 aromatic rings. The van der Waals surface area contributed by atoms with Gasteiger partial charge in [-0.15, -0.1) is 0 Å². The Labute approximate surface area is 103 Å². The Morgan fingerprint density at radius 2 is 1.44 bits per heavy atom. The molecule has 18 heavy (non-hydrogen) atoms. The Hall–Kier alpha value is -2.87. The van der Waals surface area contributed by atoms with Crippen molar-refractivity contribution in [3.63, 3.8) is 0 Å². The summed E-state index contributed by atoms with van der Waals surface area (Å²) in [4.78, 5) is 10.0. The van der Waals surface area contributed by atoms with Gasteiger partial charge >= 0.3 is 0 Å². The minimum atomic E-state index is -0.457. The molecule has 0 aliphatic heterocycles. The van der Waals surface area contributed by atoms with Crippen LogP contribution in [0.3, 0.4) is 0 Å². The molecule has 0 radical (unpaired) electrons. The lowest BCUT2D eigenvalue weighted by Crippen LogP contribution is -2.23. The minimum absolute atomic E-state index is 0.0349. The number of nitrogens with zero attached hydrogens (tertiary/aromatic N) is 2. The first-order valence-electron chi connectivity index (χ1n) is 5.10. The van der Waals surface area contributed by atoms with Crippen LogP contribution in [0.25, 0.3) is 0 Å². The van der Waals surface area contributed by atoms with E-state index in [1.165, 1.54) is 24.5 Å². The predicted octanol–water partition coefficient (Wildman–Crippen LogP) is 1.63. The van der Waals surface area contributed by atoms with Gasteiger partial charge in [-0.2, -0.15) is 4.73 Å². The van der Waals surface area contributed by atoms with Crippen LogP contribution < -0.4 is 4.73 Å². The molecule has 1 heterocycles. The van der Waals surface area contributed by atoms with Crippen LogP contribution in [0, 0.1) is 27.2 Å². The van der Waals surface area contributed by atoms with Gasteiger partial charge < -0.3 is 5.21 Å². The molecule has 0 aliphatic carbocycles. The number of nitro benzene ring substituents is 1. The molecule has 88 valence electrons. The number of hydrogen-bond donors (Lipinski definition) is 0. The molecule has 0 saturated carbocycles. The van der Waals surface area contributed by atoms with Crippen LogP contribution in [0.4, 0.5) is 5.69 Å². The predicted molar refractivity (Wildman–Crippen MR) is 64.5 cm³/mol. The standard InChI is InChI=1S/C13H8N2O3/c16-14-9-7-12(8-10-14)2-1-11-3-5-13(6-4-11)15(17)18/h3-10H. The van der Waals surface area contributed by atoms with Crippen LogP contribution in [0.15, 0.2) is 48.8 Å². The topological polar surface area (TPSA) is 70.1 Å². The van der Waals surface area contributed by atoms with Crippen LogP contribution in [0.2, 0.25) is 0 Å². The van der Waals surface area contributed by atoms with Gasteiger partial charge in [-0.3, -0.25) is 10.1 Å². The number of non-ortho nitro benzene ring substituents is 1. The molecule has 0 amide bonds. The molecule has 0 bridgehead atoms. The third kappa shape index (κ3) is 2.83. The Morgan fingerprint density at radius 1 is 0.944 bits per heavy atom. The van der Waals surface area contributed by atoms with Crippen molar-refractivity contribution in [1.29, 1.82) is 0 Å². The molecule has 1 aromatic heterocycles. The maximum Gasteiger partial charge on any atom is 0.269 e. The van der Waals surface area contributed by atoms with E-state index in [1.807, 2.05) is 0 Å². The van der Waals surface area contributed by atoms with E-state index in [0.717, 1.165) is 0 Å². The van der Waals surface area contributed by atoms with Crippen molar-refractivity contribution in [2.75, 3.05) is 0 Å². The zero-order chi connectivity index (χ0) is 13.0. The third-order valence-corrected chi connectivity index (χ3v) is 2.23. The number of benzene rings is 1. The molecule has 0 spiro atoms. The maximum atomic E-state index is 10.8. The smallest absolute Gasteiger partial charge is 0.269 e. The van der Waals surface area contributed by atoms with E-state index < -0.39 is 4.92 Å². The second kappa shape index (κ2) is 4.97. The summed E-state index contributed by atoms with van der Waals surface area (Å²) in [5.41, 5.74) is 1.42. The number of nitro groups is 1. The van der Waals surface area contributed by atoms with Gasteiger partial charge in [-0.1, -0.05) is 11.8 Å². The van der Waals surface area contributed by atoms with E-state index in [9.17, 15) is 15.3 Å². The largest absolute Gasteiger partial charge is 0.619 e. The van der Waals surface area contributed by atoms with E-state index in [2.05, 4.69) is 11.8 Å². The highest BCUT2D eigenvalue weighted by molar-refractivity contribution is 5.44. The fourth-order valence-electron chi connectivity index (χ4n) is 1.31. The van der Waals surface area contributed by atoms with Gasteiger partial charge in [0, 0.05) is 35.4 Å². The molecule has 5 nitrogen and oxygen atoms in total. The van der Waals surface area contributed by atoms with Crippen molar-refractivity contribution in [2.45, 2.75) is 0 Å². The summed E-state index contributed by atoms with van der Waals surface area (Å²) in [6.07, 6.45) is 2.72. The van der Waals surface area contributed by atoms with Crippen molar-refractivity contribution in [3.8, 4) is 11.8 Å². The maximum absolute atomic E-state index is 10.8. The number of hydrogen-bond acceptors (Lipinski definition) is 3. The Morgan fingerprint density at radius 3 is 1.94 bits per heavy atom. The van der Waals surface area contributed by atoms with Gasteiger partial charge in [0.2, 0.25) is 0 Å². The summed E-state index contributed by atoms with van der Waals surface area (Å²) in [7, 11) is 0. The second-order valence-electron chi connectivity index (χ2n) is 3.50. The van der Waals surface area contributed by atoms with Gasteiger partial charge in [0.05, 0.1) is 4.92 Å². The van der Waals surface area contributed by atoms with Gasteiger partial charge in [-0.05, 0) is 12.1 Å². The highest BCUT2D eigenvalue weighted by Crippen LogP contribution is 2.11. The van der Waals surface area contributed by atoms with Gasteiger partial charge in [0.1, 0.15) is 0 Å². The number of aromatic nitrogens is 1. The molecule has 0 saturated heterocycles. The van der Waals surface area contributed by atoms with Crippen molar-refractivity contribution in [3.05, 3.63) is 75.2 Å². The fourth-order valence-corrected chi connectivity index (χ4v) is 1.31. The first kappa shape index (κ1) is 11.6.